The fourth-order valence-corrected chi connectivity index (χ4v) is 3.95. The molecule has 0 aliphatic rings. The fraction of sp³-hybridized carbons (Fsp3) is 0.435. The van der Waals surface area contributed by atoms with Gasteiger partial charge in [0.15, 0.2) is 5.96 Å². The molecule has 0 aliphatic carbocycles. The maximum atomic E-state index is 12.2. The first-order valence-electron chi connectivity index (χ1n) is 10.4. The van der Waals surface area contributed by atoms with E-state index in [2.05, 4.69) is 58.8 Å². The molecule has 0 bridgehead atoms. The van der Waals surface area contributed by atoms with E-state index >= 15 is 0 Å². The van der Waals surface area contributed by atoms with E-state index < -0.39 is 10.0 Å². The first-order valence-corrected chi connectivity index (χ1v) is 11.9. The Balaban J connectivity index is 0.00000512. The monoisotopic (exact) mass is 573 g/mol. The van der Waals surface area contributed by atoms with Crippen LogP contribution in [-0.2, 0) is 23.1 Å². The number of aliphatic imine (C=N–C) groups is 1. The van der Waals surface area contributed by atoms with E-state index in [9.17, 15) is 8.42 Å². The summed E-state index contributed by atoms with van der Waals surface area (Å²) in [5, 5.41) is 6.62. The lowest BCUT2D eigenvalue weighted by Gasteiger charge is -2.25. The van der Waals surface area contributed by atoms with Crippen LogP contribution in [0.15, 0.2) is 64.5 Å². The molecule has 0 heterocycles. The van der Waals surface area contributed by atoms with Gasteiger partial charge in [0.25, 0.3) is 0 Å². The van der Waals surface area contributed by atoms with Crippen molar-refractivity contribution in [1.29, 1.82) is 0 Å². The maximum absolute atomic E-state index is 12.2. The molecule has 0 spiro atoms. The van der Waals surface area contributed by atoms with Crippen LogP contribution in [0, 0.1) is 0 Å². The summed E-state index contributed by atoms with van der Waals surface area (Å²) in [6.07, 6.45) is 0.987. The lowest BCUT2D eigenvalue weighted by Crippen LogP contribution is -2.39. The molecular weight excluding hydrogens is 537 g/mol. The molecule has 0 aliphatic heterocycles. The van der Waals surface area contributed by atoms with Gasteiger partial charge in [-0.15, -0.1) is 24.0 Å². The second kappa shape index (κ2) is 13.8. The average molecular weight is 574 g/mol. The number of rotatable bonds is 10. The topological polar surface area (TPSA) is 77.0 Å². The number of sulfonamides is 1. The molecule has 0 amide bonds. The van der Waals surface area contributed by atoms with Crippen LogP contribution in [-0.4, -0.2) is 64.4 Å². The van der Waals surface area contributed by atoms with Crippen molar-refractivity contribution >= 4 is 40.0 Å². The van der Waals surface area contributed by atoms with Gasteiger partial charge in [0.2, 0.25) is 10.0 Å². The van der Waals surface area contributed by atoms with Crippen molar-refractivity contribution in [1.82, 2.24) is 19.8 Å². The Morgan fingerprint density at radius 2 is 1.59 bits per heavy atom. The number of nitrogens with zero attached hydrogens (tertiary/aromatic N) is 3. The van der Waals surface area contributed by atoms with Gasteiger partial charge in [0, 0.05) is 46.8 Å². The largest absolute Gasteiger partial charge is 0.356 e. The highest BCUT2D eigenvalue weighted by molar-refractivity contribution is 14.0. The number of nitrogens with one attached hydrogen (secondary N) is 2. The van der Waals surface area contributed by atoms with E-state index in [0.717, 1.165) is 31.0 Å². The van der Waals surface area contributed by atoms with E-state index in [1.807, 2.05) is 18.2 Å². The summed E-state index contributed by atoms with van der Waals surface area (Å²) in [7, 11) is 3.54. The summed E-state index contributed by atoms with van der Waals surface area (Å²) in [5.74, 6) is 0.725. The van der Waals surface area contributed by atoms with Crippen LogP contribution < -0.4 is 10.6 Å². The Hall–Kier alpha value is -1.69. The van der Waals surface area contributed by atoms with Crippen molar-refractivity contribution in [2.45, 2.75) is 37.4 Å². The van der Waals surface area contributed by atoms with Crippen LogP contribution >= 0.6 is 24.0 Å². The number of hydrogen-bond donors (Lipinski definition) is 2. The summed E-state index contributed by atoms with van der Waals surface area (Å²) in [6.45, 7) is 4.52. The quantitative estimate of drug-likeness (QED) is 0.260. The smallest absolute Gasteiger partial charge is 0.242 e. The van der Waals surface area contributed by atoms with Crippen LogP contribution in [0.4, 0.5) is 0 Å². The Bertz CT molecular complexity index is 935. The fourth-order valence-electron chi connectivity index (χ4n) is 3.04. The SMILES string of the molecule is CN=C(NCCC(C)N(C)Cc1ccccc1)NCc1ccc(S(=O)(=O)N(C)C)cc1.I. The second-order valence-corrected chi connectivity index (χ2v) is 9.97. The third kappa shape index (κ3) is 8.68. The van der Waals surface area contributed by atoms with Crippen molar-refractivity contribution in [2.24, 2.45) is 4.99 Å². The molecule has 9 heteroatoms. The van der Waals surface area contributed by atoms with Gasteiger partial charge in [-0.3, -0.25) is 9.89 Å². The highest BCUT2D eigenvalue weighted by Crippen LogP contribution is 2.14. The van der Waals surface area contributed by atoms with Crippen LogP contribution in [0.5, 0.6) is 0 Å². The Labute approximate surface area is 210 Å². The van der Waals surface area contributed by atoms with Crippen LogP contribution in [0.2, 0.25) is 0 Å². The van der Waals surface area contributed by atoms with E-state index in [0.29, 0.717) is 12.6 Å². The number of guanidine groups is 1. The van der Waals surface area contributed by atoms with Crippen LogP contribution in [0.3, 0.4) is 0 Å². The minimum atomic E-state index is -3.40. The third-order valence-electron chi connectivity index (χ3n) is 5.27. The summed E-state index contributed by atoms with van der Waals surface area (Å²) in [5.41, 5.74) is 2.29. The van der Waals surface area contributed by atoms with E-state index in [1.54, 1.807) is 19.2 Å². The zero-order valence-corrected chi connectivity index (χ0v) is 22.7. The molecular formula is C23H36IN5O2S. The van der Waals surface area contributed by atoms with Gasteiger partial charge in [-0.05, 0) is 43.7 Å². The van der Waals surface area contributed by atoms with E-state index in [1.165, 1.54) is 24.0 Å². The van der Waals surface area contributed by atoms with Gasteiger partial charge in [-0.25, -0.2) is 12.7 Å². The van der Waals surface area contributed by atoms with Gasteiger partial charge in [0.1, 0.15) is 0 Å². The maximum Gasteiger partial charge on any atom is 0.242 e. The highest BCUT2D eigenvalue weighted by Gasteiger charge is 2.16. The van der Waals surface area contributed by atoms with E-state index in [-0.39, 0.29) is 28.9 Å². The summed E-state index contributed by atoms with van der Waals surface area (Å²) in [6, 6.07) is 17.8. The van der Waals surface area contributed by atoms with Crippen molar-refractivity contribution in [2.75, 3.05) is 34.7 Å². The lowest BCUT2D eigenvalue weighted by atomic mass is 10.1. The molecule has 7 nitrogen and oxygen atoms in total. The Morgan fingerprint density at radius 1 is 0.969 bits per heavy atom. The second-order valence-electron chi connectivity index (χ2n) is 7.82. The molecule has 1 unspecified atom stereocenters. The van der Waals surface area contributed by atoms with Gasteiger partial charge < -0.3 is 10.6 Å². The molecule has 0 saturated heterocycles. The van der Waals surface area contributed by atoms with Gasteiger partial charge in [-0.2, -0.15) is 0 Å². The molecule has 2 rings (SSSR count). The molecule has 178 valence electrons. The molecule has 0 radical (unpaired) electrons. The van der Waals surface area contributed by atoms with Crippen molar-refractivity contribution in [3.63, 3.8) is 0 Å². The van der Waals surface area contributed by atoms with Gasteiger partial charge in [-0.1, -0.05) is 42.5 Å². The minimum absolute atomic E-state index is 0. The molecule has 32 heavy (non-hydrogen) atoms. The van der Waals surface area contributed by atoms with Crippen LogP contribution in [0.25, 0.3) is 0 Å². The minimum Gasteiger partial charge on any atom is -0.356 e. The number of halogens is 1. The van der Waals surface area contributed by atoms with Crippen molar-refractivity contribution in [3.8, 4) is 0 Å². The van der Waals surface area contributed by atoms with Crippen LogP contribution in [0.1, 0.15) is 24.5 Å². The highest BCUT2D eigenvalue weighted by atomic mass is 127. The predicted octanol–water partition coefficient (Wildman–Crippen LogP) is 3.13. The van der Waals surface area contributed by atoms with Crippen molar-refractivity contribution < 1.29 is 8.42 Å². The Morgan fingerprint density at radius 3 is 2.16 bits per heavy atom. The standard InChI is InChI=1S/C23H35N5O2S.HI/c1-19(28(5)18-21-9-7-6-8-10-21)15-16-25-23(24-2)26-17-20-11-13-22(14-12-20)31(29,30)27(3)4;/h6-14,19H,15-18H2,1-5H3,(H2,24,25,26);1H. The molecule has 0 fully saturated rings. The number of benzene rings is 2. The zero-order valence-electron chi connectivity index (χ0n) is 19.6. The molecule has 2 N–H and O–H groups in total. The summed E-state index contributed by atoms with van der Waals surface area (Å²) >= 11 is 0. The third-order valence-corrected chi connectivity index (χ3v) is 7.10. The average Bonchev–Trinajstić information content (AvgIpc) is 2.76. The molecule has 2 aromatic rings. The normalized spacial score (nSPS) is 13.0. The Kier molecular flexibility index (Phi) is 12.2. The van der Waals surface area contributed by atoms with Gasteiger partial charge >= 0.3 is 0 Å². The summed E-state index contributed by atoms with van der Waals surface area (Å²) < 4.78 is 25.5. The van der Waals surface area contributed by atoms with Gasteiger partial charge in [0.05, 0.1) is 4.90 Å². The van der Waals surface area contributed by atoms with E-state index in [4.69, 9.17) is 0 Å². The molecule has 0 aromatic heterocycles. The first-order chi connectivity index (χ1) is 14.7. The zero-order chi connectivity index (χ0) is 22.9. The lowest BCUT2D eigenvalue weighted by molar-refractivity contribution is 0.238. The molecule has 0 saturated carbocycles. The number of hydrogen-bond acceptors (Lipinski definition) is 4. The first kappa shape index (κ1) is 28.3. The molecule has 2 aromatic carbocycles. The predicted molar refractivity (Wildman–Crippen MR) is 143 cm³/mol. The van der Waals surface area contributed by atoms with Crippen molar-refractivity contribution in [3.05, 3.63) is 65.7 Å². The summed E-state index contributed by atoms with van der Waals surface area (Å²) in [4.78, 5) is 6.90. The molecule has 1 atom stereocenters.